The fourth-order valence-electron chi connectivity index (χ4n) is 1.56. The minimum Gasteiger partial charge on any atom is -0.394 e. The first kappa shape index (κ1) is 15.9. The summed E-state index contributed by atoms with van der Waals surface area (Å²) in [5.74, 6) is 0.823. The first-order chi connectivity index (χ1) is 7.66. The van der Waals surface area contributed by atoms with Gasteiger partial charge in [-0.05, 0) is 12.3 Å². The lowest BCUT2D eigenvalue weighted by atomic mass is 10.0. The second-order valence-corrected chi connectivity index (χ2v) is 4.86. The Hall–Kier alpha value is -0.120. The summed E-state index contributed by atoms with van der Waals surface area (Å²) in [6.07, 6.45) is 6.80. The van der Waals surface area contributed by atoms with E-state index in [0.29, 0.717) is 6.61 Å². The normalized spacial score (nSPS) is 13.3. The summed E-state index contributed by atoms with van der Waals surface area (Å²) >= 11 is 0. The van der Waals surface area contributed by atoms with Crippen LogP contribution in [0, 0.1) is 5.92 Å². The third-order valence-corrected chi connectivity index (χ3v) is 2.59. The SMILES string of the molecule is CC(C)CCCCCCCOCC(O)CO. The molecule has 0 aromatic rings. The molecular weight excluding hydrogens is 204 g/mol. The van der Waals surface area contributed by atoms with Crippen molar-refractivity contribution in [1.82, 2.24) is 0 Å². The predicted molar refractivity (Wildman–Crippen MR) is 66.5 cm³/mol. The summed E-state index contributed by atoms with van der Waals surface area (Å²) in [6.45, 7) is 5.26. The van der Waals surface area contributed by atoms with Gasteiger partial charge >= 0.3 is 0 Å². The Morgan fingerprint density at radius 2 is 1.62 bits per heavy atom. The number of rotatable bonds is 11. The highest BCUT2D eigenvalue weighted by atomic mass is 16.5. The van der Waals surface area contributed by atoms with Gasteiger partial charge in [0.05, 0.1) is 13.2 Å². The number of aliphatic hydroxyl groups excluding tert-OH is 2. The Labute approximate surface area is 99.8 Å². The summed E-state index contributed by atoms with van der Waals surface area (Å²) in [6, 6.07) is 0. The van der Waals surface area contributed by atoms with Gasteiger partial charge in [-0.2, -0.15) is 0 Å². The van der Waals surface area contributed by atoms with Crippen LogP contribution in [0.15, 0.2) is 0 Å². The summed E-state index contributed by atoms with van der Waals surface area (Å²) in [4.78, 5) is 0. The molecule has 16 heavy (non-hydrogen) atoms. The van der Waals surface area contributed by atoms with Crippen molar-refractivity contribution >= 4 is 0 Å². The third-order valence-electron chi connectivity index (χ3n) is 2.59. The third kappa shape index (κ3) is 12.0. The summed E-state index contributed by atoms with van der Waals surface area (Å²) in [5, 5.41) is 17.6. The lowest BCUT2D eigenvalue weighted by Gasteiger charge is -2.08. The Balaban J connectivity index is 2.99. The fourth-order valence-corrected chi connectivity index (χ4v) is 1.56. The van der Waals surface area contributed by atoms with E-state index in [2.05, 4.69) is 13.8 Å². The Kier molecular flexibility index (Phi) is 11.3. The van der Waals surface area contributed by atoms with Crippen molar-refractivity contribution in [1.29, 1.82) is 0 Å². The molecule has 3 nitrogen and oxygen atoms in total. The van der Waals surface area contributed by atoms with Crippen molar-refractivity contribution in [3.63, 3.8) is 0 Å². The van der Waals surface area contributed by atoms with Crippen molar-refractivity contribution in [2.45, 2.75) is 58.5 Å². The van der Waals surface area contributed by atoms with Crippen LogP contribution in [0.4, 0.5) is 0 Å². The van der Waals surface area contributed by atoms with Gasteiger partial charge in [-0.15, -0.1) is 0 Å². The lowest BCUT2D eigenvalue weighted by Crippen LogP contribution is -2.19. The lowest BCUT2D eigenvalue weighted by molar-refractivity contribution is 0.00525. The van der Waals surface area contributed by atoms with E-state index in [0.717, 1.165) is 12.3 Å². The van der Waals surface area contributed by atoms with Gasteiger partial charge in [0.15, 0.2) is 0 Å². The molecule has 3 heteroatoms. The van der Waals surface area contributed by atoms with Gasteiger partial charge in [0.1, 0.15) is 6.10 Å². The smallest absolute Gasteiger partial charge is 0.100 e. The largest absolute Gasteiger partial charge is 0.394 e. The van der Waals surface area contributed by atoms with Gasteiger partial charge in [0, 0.05) is 6.61 Å². The molecule has 0 aliphatic carbocycles. The molecule has 0 aromatic heterocycles. The molecule has 0 bridgehead atoms. The van der Waals surface area contributed by atoms with Crippen LogP contribution in [0.3, 0.4) is 0 Å². The maximum absolute atomic E-state index is 9.01. The van der Waals surface area contributed by atoms with Crippen LogP contribution in [0.5, 0.6) is 0 Å². The van der Waals surface area contributed by atoms with E-state index < -0.39 is 6.10 Å². The van der Waals surface area contributed by atoms with Gasteiger partial charge in [-0.25, -0.2) is 0 Å². The van der Waals surface area contributed by atoms with Crippen LogP contribution >= 0.6 is 0 Å². The average Bonchev–Trinajstić information content (AvgIpc) is 2.26. The minimum absolute atomic E-state index is 0.213. The van der Waals surface area contributed by atoms with Crippen molar-refractivity contribution < 1.29 is 14.9 Å². The van der Waals surface area contributed by atoms with Crippen molar-refractivity contribution in [3.8, 4) is 0 Å². The van der Waals surface area contributed by atoms with E-state index in [1.54, 1.807) is 0 Å². The quantitative estimate of drug-likeness (QED) is 0.538. The van der Waals surface area contributed by atoms with Gasteiger partial charge in [0.2, 0.25) is 0 Å². The van der Waals surface area contributed by atoms with E-state index in [-0.39, 0.29) is 13.2 Å². The zero-order valence-electron chi connectivity index (χ0n) is 10.8. The van der Waals surface area contributed by atoms with Gasteiger partial charge in [-0.1, -0.05) is 46.0 Å². The molecule has 0 aromatic carbocycles. The maximum Gasteiger partial charge on any atom is 0.100 e. The number of aliphatic hydroxyl groups is 2. The Bertz CT molecular complexity index is 137. The molecule has 0 aliphatic heterocycles. The van der Waals surface area contributed by atoms with E-state index in [9.17, 15) is 0 Å². The highest BCUT2D eigenvalue weighted by Crippen LogP contribution is 2.10. The first-order valence-corrected chi connectivity index (χ1v) is 6.53. The minimum atomic E-state index is -0.717. The Morgan fingerprint density at radius 3 is 2.25 bits per heavy atom. The number of hydrogen-bond donors (Lipinski definition) is 2. The number of unbranched alkanes of at least 4 members (excludes halogenated alkanes) is 4. The highest BCUT2D eigenvalue weighted by molar-refractivity contribution is 4.50. The van der Waals surface area contributed by atoms with Crippen LogP contribution in [-0.4, -0.2) is 36.1 Å². The molecule has 0 saturated heterocycles. The molecule has 0 amide bonds. The molecule has 0 radical (unpaired) electrons. The summed E-state index contributed by atoms with van der Waals surface area (Å²) in [7, 11) is 0. The predicted octanol–water partition coefficient (Wildman–Crippen LogP) is 2.35. The van der Waals surface area contributed by atoms with Gasteiger partial charge in [-0.3, -0.25) is 0 Å². The van der Waals surface area contributed by atoms with Crippen LogP contribution in [0.25, 0.3) is 0 Å². The van der Waals surface area contributed by atoms with Gasteiger partial charge in [0.25, 0.3) is 0 Å². The van der Waals surface area contributed by atoms with E-state index in [1.807, 2.05) is 0 Å². The molecule has 0 fully saturated rings. The topological polar surface area (TPSA) is 49.7 Å². The first-order valence-electron chi connectivity index (χ1n) is 6.53. The molecule has 2 N–H and O–H groups in total. The molecule has 98 valence electrons. The van der Waals surface area contributed by atoms with Crippen LogP contribution in [0.1, 0.15) is 52.4 Å². The van der Waals surface area contributed by atoms with Gasteiger partial charge < -0.3 is 14.9 Å². The van der Waals surface area contributed by atoms with Crippen molar-refractivity contribution in [2.75, 3.05) is 19.8 Å². The van der Waals surface area contributed by atoms with E-state index in [1.165, 1.54) is 32.1 Å². The molecule has 0 rings (SSSR count). The molecule has 0 saturated carbocycles. The summed E-state index contributed by atoms with van der Waals surface area (Å²) in [5.41, 5.74) is 0. The molecule has 0 spiro atoms. The van der Waals surface area contributed by atoms with Crippen molar-refractivity contribution in [2.24, 2.45) is 5.92 Å². The average molecular weight is 232 g/mol. The molecule has 1 atom stereocenters. The summed E-state index contributed by atoms with van der Waals surface area (Å²) < 4.78 is 5.22. The standard InChI is InChI=1S/C13H28O3/c1-12(2)8-6-4-3-5-7-9-16-11-13(15)10-14/h12-15H,3-11H2,1-2H3. The second-order valence-electron chi connectivity index (χ2n) is 4.86. The molecular formula is C13H28O3. The Morgan fingerprint density at radius 1 is 1.00 bits per heavy atom. The van der Waals surface area contributed by atoms with E-state index >= 15 is 0 Å². The van der Waals surface area contributed by atoms with Crippen LogP contribution in [0.2, 0.25) is 0 Å². The maximum atomic E-state index is 9.01. The highest BCUT2D eigenvalue weighted by Gasteiger charge is 2.00. The van der Waals surface area contributed by atoms with Crippen LogP contribution in [-0.2, 0) is 4.74 Å². The van der Waals surface area contributed by atoms with Crippen LogP contribution < -0.4 is 0 Å². The van der Waals surface area contributed by atoms with E-state index in [4.69, 9.17) is 14.9 Å². The number of ether oxygens (including phenoxy) is 1. The zero-order chi connectivity index (χ0) is 12.2. The molecule has 0 heterocycles. The number of hydrogen-bond acceptors (Lipinski definition) is 3. The monoisotopic (exact) mass is 232 g/mol. The zero-order valence-corrected chi connectivity index (χ0v) is 10.8. The molecule has 1 unspecified atom stereocenters. The fraction of sp³-hybridized carbons (Fsp3) is 1.00. The van der Waals surface area contributed by atoms with Crippen molar-refractivity contribution in [3.05, 3.63) is 0 Å². The second kappa shape index (κ2) is 11.4. The molecule has 0 aliphatic rings.